The van der Waals surface area contributed by atoms with Crippen LogP contribution in [0.2, 0.25) is 5.02 Å². The van der Waals surface area contributed by atoms with E-state index < -0.39 is 6.10 Å². The maximum atomic E-state index is 12.0. The van der Waals surface area contributed by atoms with Gasteiger partial charge in [0.15, 0.2) is 6.10 Å². The number of hydrogen-bond acceptors (Lipinski definition) is 2. The lowest BCUT2D eigenvalue weighted by atomic mass is 10.1. The number of hydrogen-bond donors (Lipinski definition) is 1. The van der Waals surface area contributed by atoms with E-state index in [-0.39, 0.29) is 5.91 Å². The van der Waals surface area contributed by atoms with Gasteiger partial charge < -0.3 is 10.1 Å². The fourth-order valence-electron chi connectivity index (χ4n) is 2.07. The Labute approximate surface area is 136 Å². The van der Waals surface area contributed by atoms with Crippen LogP contribution in [-0.4, -0.2) is 18.6 Å². The van der Waals surface area contributed by atoms with Crippen LogP contribution >= 0.6 is 11.6 Å². The number of amides is 1. The Morgan fingerprint density at radius 2 is 1.95 bits per heavy atom. The van der Waals surface area contributed by atoms with Crippen molar-refractivity contribution in [3.05, 3.63) is 64.7 Å². The molecule has 0 aliphatic rings. The van der Waals surface area contributed by atoms with Gasteiger partial charge in [0.25, 0.3) is 5.91 Å². The van der Waals surface area contributed by atoms with Gasteiger partial charge in [-0.15, -0.1) is 0 Å². The number of benzene rings is 2. The first kappa shape index (κ1) is 16.4. The van der Waals surface area contributed by atoms with E-state index in [1.165, 1.54) is 0 Å². The van der Waals surface area contributed by atoms with Crippen molar-refractivity contribution in [3.8, 4) is 5.75 Å². The van der Waals surface area contributed by atoms with Gasteiger partial charge in [0.05, 0.1) is 0 Å². The van der Waals surface area contributed by atoms with Crippen molar-refractivity contribution in [3.63, 3.8) is 0 Å². The van der Waals surface area contributed by atoms with Crippen LogP contribution < -0.4 is 10.1 Å². The number of halogens is 1. The molecule has 4 heteroatoms. The third kappa shape index (κ3) is 5.08. The summed E-state index contributed by atoms with van der Waals surface area (Å²) in [6, 6.07) is 15.3. The van der Waals surface area contributed by atoms with E-state index in [2.05, 4.69) is 5.32 Å². The van der Waals surface area contributed by atoms with Gasteiger partial charge >= 0.3 is 0 Å². The largest absolute Gasteiger partial charge is 0.481 e. The quantitative estimate of drug-likeness (QED) is 0.880. The lowest BCUT2D eigenvalue weighted by molar-refractivity contribution is -0.127. The van der Waals surface area contributed by atoms with Crippen LogP contribution in [0.15, 0.2) is 48.5 Å². The predicted molar refractivity (Wildman–Crippen MR) is 89.4 cm³/mol. The minimum absolute atomic E-state index is 0.115. The van der Waals surface area contributed by atoms with Gasteiger partial charge in [0.1, 0.15) is 5.75 Å². The summed E-state index contributed by atoms with van der Waals surface area (Å²) in [7, 11) is 0. The van der Waals surface area contributed by atoms with Crippen molar-refractivity contribution in [1.82, 2.24) is 5.32 Å². The molecular weight excluding hydrogens is 298 g/mol. The topological polar surface area (TPSA) is 38.3 Å². The molecule has 2 rings (SSSR count). The molecule has 0 aliphatic heterocycles. The van der Waals surface area contributed by atoms with Crippen molar-refractivity contribution in [2.75, 3.05) is 6.54 Å². The summed E-state index contributed by atoms with van der Waals surface area (Å²) in [5.74, 6) is 0.593. The Bertz CT molecular complexity index is 625. The smallest absolute Gasteiger partial charge is 0.260 e. The lowest BCUT2D eigenvalue weighted by Crippen LogP contribution is -2.37. The predicted octanol–water partition coefficient (Wildman–Crippen LogP) is 3.77. The van der Waals surface area contributed by atoms with E-state index in [0.717, 1.165) is 17.5 Å². The highest BCUT2D eigenvalue weighted by Crippen LogP contribution is 2.14. The molecule has 1 atom stereocenters. The molecule has 0 unspecified atom stereocenters. The first-order valence-corrected chi connectivity index (χ1v) is 7.68. The summed E-state index contributed by atoms with van der Waals surface area (Å²) in [4.78, 5) is 12.0. The molecule has 0 aromatic heterocycles. The second kappa shape index (κ2) is 7.85. The number of carbonyl (C=O) groups is 1. The van der Waals surface area contributed by atoms with E-state index >= 15 is 0 Å². The SMILES string of the molecule is Cc1cccc(O[C@@H](C)C(=O)NCCc2ccc(Cl)cc2)c1. The highest BCUT2D eigenvalue weighted by molar-refractivity contribution is 6.30. The van der Waals surface area contributed by atoms with Crippen LogP contribution in [0.1, 0.15) is 18.1 Å². The normalized spacial score (nSPS) is 11.8. The van der Waals surface area contributed by atoms with Crippen molar-refractivity contribution in [2.45, 2.75) is 26.4 Å². The van der Waals surface area contributed by atoms with Crippen LogP contribution in [0.5, 0.6) is 5.75 Å². The van der Waals surface area contributed by atoms with Crippen molar-refractivity contribution < 1.29 is 9.53 Å². The minimum atomic E-state index is -0.521. The lowest BCUT2D eigenvalue weighted by Gasteiger charge is -2.15. The van der Waals surface area contributed by atoms with E-state index in [0.29, 0.717) is 17.3 Å². The monoisotopic (exact) mass is 317 g/mol. The number of rotatable bonds is 6. The van der Waals surface area contributed by atoms with Crippen molar-refractivity contribution >= 4 is 17.5 Å². The van der Waals surface area contributed by atoms with Gasteiger partial charge in [-0.05, 0) is 55.7 Å². The number of nitrogens with one attached hydrogen (secondary N) is 1. The molecule has 0 saturated carbocycles. The molecule has 0 radical (unpaired) electrons. The zero-order valence-electron chi connectivity index (χ0n) is 12.8. The zero-order valence-corrected chi connectivity index (χ0v) is 13.6. The van der Waals surface area contributed by atoms with Gasteiger partial charge in [0, 0.05) is 11.6 Å². The first-order chi connectivity index (χ1) is 10.5. The molecule has 3 nitrogen and oxygen atoms in total. The fraction of sp³-hybridized carbons (Fsp3) is 0.278. The van der Waals surface area contributed by atoms with Gasteiger partial charge in [-0.2, -0.15) is 0 Å². The molecule has 0 bridgehead atoms. The molecule has 0 fully saturated rings. The molecule has 22 heavy (non-hydrogen) atoms. The molecule has 2 aromatic carbocycles. The molecule has 0 saturated heterocycles. The second-order valence-electron chi connectivity index (χ2n) is 5.24. The van der Waals surface area contributed by atoms with Crippen LogP contribution in [0.25, 0.3) is 0 Å². The summed E-state index contributed by atoms with van der Waals surface area (Å²) in [5, 5.41) is 3.60. The summed E-state index contributed by atoms with van der Waals surface area (Å²) < 4.78 is 5.65. The average molecular weight is 318 g/mol. The molecule has 0 heterocycles. The van der Waals surface area contributed by atoms with Crippen LogP contribution in [0.4, 0.5) is 0 Å². The summed E-state index contributed by atoms with van der Waals surface area (Å²) in [5.41, 5.74) is 2.24. The van der Waals surface area contributed by atoms with Crippen LogP contribution in [-0.2, 0) is 11.2 Å². The highest BCUT2D eigenvalue weighted by Gasteiger charge is 2.13. The Morgan fingerprint density at radius 1 is 1.23 bits per heavy atom. The Morgan fingerprint density at radius 3 is 2.64 bits per heavy atom. The van der Waals surface area contributed by atoms with Gasteiger partial charge in [0.2, 0.25) is 0 Å². The standard InChI is InChI=1S/C18H20ClNO2/c1-13-4-3-5-17(12-13)22-14(2)18(21)20-11-10-15-6-8-16(19)9-7-15/h3-9,12,14H,10-11H2,1-2H3,(H,20,21)/t14-/m0/s1. The minimum Gasteiger partial charge on any atom is -0.481 e. The van der Waals surface area contributed by atoms with Gasteiger partial charge in [-0.3, -0.25) is 4.79 Å². The zero-order chi connectivity index (χ0) is 15.9. The summed E-state index contributed by atoms with van der Waals surface area (Å²) >= 11 is 5.84. The van der Waals surface area contributed by atoms with Crippen molar-refractivity contribution in [1.29, 1.82) is 0 Å². The van der Waals surface area contributed by atoms with E-state index in [1.54, 1.807) is 6.92 Å². The first-order valence-electron chi connectivity index (χ1n) is 7.30. The van der Waals surface area contributed by atoms with E-state index in [9.17, 15) is 4.79 Å². The Kier molecular flexibility index (Phi) is 5.84. The number of aryl methyl sites for hydroxylation is 1. The maximum Gasteiger partial charge on any atom is 0.260 e. The molecule has 0 aliphatic carbocycles. The number of ether oxygens (including phenoxy) is 1. The van der Waals surface area contributed by atoms with Crippen LogP contribution in [0, 0.1) is 6.92 Å². The van der Waals surface area contributed by atoms with Crippen molar-refractivity contribution in [2.24, 2.45) is 0 Å². The van der Waals surface area contributed by atoms with E-state index in [1.807, 2.05) is 55.5 Å². The third-order valence-electron chi connectivity index (χ3n) is 3.30. The molecular formula is C18H20ClNO2. The maximum absolute atomic E-state index is 12.0. The Hall–Kier alpha value is -2.00. The molecule has 1 N–H and O–H groups in total. The van der Waals surface area contributed by atoms with Gasteiger partial charge in [-0.25, -0.2) is 0 Å². The summed E-state index contributed by atoms with van der Waals surface area (Å²) in [6.45, 7) is 4.31. The van der Waals surface area contributed by atoms with E-state index in [4.69, 9.17) is 16.3 Å². The molecule has 116 valence electrons. The fourth-order valence-corrected chi connectivity index (χ4v) is 2.20. The highest BCUT2D eigenvalue weighted by atomic mass is 35.5. The molecule has 1 amide bonds. The second-order valence-corrected chi connectivity index (χ2v) is 5.68. The molecule has 0 spiro atoms. The van der Waals surface area contributed by atoms with Gasteiger partial charge in [-0.1, -0.05) is 35.9 Å². The summed E-state index contributed by atoms with van der Waals surface area (Å²) in [6.07, 6.45) is 0.243. The molecule has 2 aromatic rings. The third-order valence-corrected chi connectivity index (χ3v) is 3.55. The van der Waals surface area contributed by atoms with Crippen LogP contribution in [0.3, 0.4) is 0 Å². The average Bonchev–Trinajstić information content (AvgIpc) is 2.49. The number of carbonyl (C=O) groups excluding carboxylic acids is 1. The Balaban J connectivity index is 1.77.